The Hall–Kier alpha value is -2.72. The van der Waals surface area contributed by atoms with Crippen molar-refractivity contribution in [3.8, 4) is 17.2 Å². The van der Waals surface area contributed by atoms with Crippen molar-refractivity contribution < 1.29 is 18.9 Å². The van der Waals surface area contributed by atoms with Crippen molar-refractivity contribution in [2.75, 3.05) is 20.3 Å². The Morgan fingerprint density at radius 2 is 1.52 bits per heavy atom. The standard InChI is InChI=1S/C23H26O4/c1-4-18-9-11-21(12-10-18)27-17(2)25-13-14-26-23-16-20-8-6-5-7-19(20)15-22(23)24-3/h5-12,15-17H,4,13-14H2,1-3H3. The Morgan fingerprint density at radius 1 is 0.852 bits per heavy atom. The molecule has 4 heteroatoms. The molecule has 0 saturated heterocycles. The van der Waals surface area contributed by atoms with Crippen LogP contribution in [0.2, 0.25) is 0 Å². The molecule has 0 bridgehead atoms. The second-order valence-corrected chi connectivity index (χ2v) is 6.25. The second kappa shape index (κ2) is 9.28. The van der Waals surface area contributed by atoms with E-state index >= 15 is 0 Å². The summed E-state index contributed by atoms with van der Waals surface area (Å²) < 4.78 is 22.8. The molecule has 1 atom stereocenters. The molecule has 3 aromatic carbocycles. The van der Waals surface area contributed by atoms with Crippen LogP contribution in [0.5, 0.6) is 17.2 Å². The summed E-state index contributed by atoms with van der Waals surface area (Å²) in [4.78, 5) is 0. The minimum atomic E-state index is -0.348. The lowest BCUT2D eigenvalue weighted by atomic mass is 10.1. The van der Waals surface area contributed by atoms with Gasteiger partial charge in [-0.2, -0.15) is 0 Å². The number of ether oxygens (including phenoxy) is 4. The van der Waals surface area contributed by atoms with Crippen LogP contribution in [0.4, 0.5) is 0 Å². The van der Waals surface area contributed by atoms with Crippen molar-refractivity contribution in [3.63, 3.8) is 0 Å². The zero-order valence-corrected chi connectivity index (χ0v) is 16.1. The van der Waals surface area contributed by atoms with Crippen LogP contribution < -0.4 is 14.2 Å². The maximum Gasteiger partial charge on any atom is 0.197 e. The van der Waals surface area contributed by atoms with Crippen molar-refractivity contribution in [2.24, 2.45) is 0 Å². The van der Waals surface area contributed by atoms with E-state index in [4.69, 9.17) is 18.9 Å². The van der Waals surface area contributed by atoms with Gasteiger partial charge in [0.05, 0.1) is 13.7 Å². The van der Waals surface area contributed by atoms with Crippen LogP contribution in [0.1, 0.15) is 19.4 Å². The van der Waals surface area contributed by atoms with Crippen LogP contribution in [0.15, 0.2) is 60.7 Å². The average Bonchev–Trinajstić information content (AvgIpc) is 2.71. The summed E-state index contributed by atoms with van der Waals surface area (Å²) in [5, 5.41) is 2.23. The molecule has 0 heterocycles. The van der Waals surface area contributed by atoms with Gasteiger partial charge in [0.2, 0.25) is 0 Å². The third kappa shape index (κ3) is 5.14. The molecule has 0 amide bonds. The number of hydrogen-bond acceptors (Lipinski definition) is 4. The quantitative estimate of drug-likeness (QED) is 0.384. The molecule has 0 aliphatic rings. The van der Waals surface area contributed by atoms with Crippen LogP contribution >= 0.6 is 0 Å². The lowest BCUT2D eigenvalue weighted by Crippen LogP contribution is -2.20. The Labute approximate surface area is 160 Å². The van der Waals surface area contributed by atoms with Crippen molar-refractivity contribution in [2.45, 2.75) is 26.6 Å². The number of hydrogen-bond donors (Lipinski definition) is 0. The molecule has 4 nitrogen and oxygen atoms in total. The maximum absolute atomic E-state index is 5.86. The third-order valence-electron chi connectivity index (χ3n) is 4.36. The summed E-state index contributed by atoms with van der Waals surface area (Å²) in [6.45, 7) is 4.85. The Morgan fingerprint density at radius 3 is 2.15 bits per heavy atom. The van der Waals surface area contributed by atoms with Gasteiger partial charge in [0.25, 0.3) is 0 Å². The largest absolute Gasteiger partial charge is 0.493 e. The van der Waals surface area contributed by atoms with Crippen LogP contribution in [-0.4, -0.2) is 26.6 Å². The first kappa shape index (κ1) is 19.1. The highest BCUT2D eigenvalue weighted by atomic mass is 16.7. The molecule has 0 aromatic heterocycles. The van der Waals surface area contributed by atoms with Gasteiger partial charge < -0.3 is 18.9 Å². The molecule has 0 N–H and O–H groups in total. The summed E-state index contributed by atoms with van der Waals surface area (Å²) >= 11 is 0. The van der Waals surface area contributed by atoms with Gasteiger partial charge in [-0.05, 0) is 53.9 Å². The summed E-state index contributed by atoms with van der Waals surface area (Å²) in [5.74, 6) is 2.23. The van der Waals surface area contributed by atoms with E-state index in [1.807, 2.05) is 43.3 Å². The van der Waals surface area contributed by atoms with Crippen LogP contribution in [0, 0.1) is 0 Å². The van der Waals surface area contributed by atoms with E-state index in [9.17, 15) is 0 Å². The number of fused-ring (bicyclic) bond motifs is 1. The first-order valence-corrected chi connectivity index (χ1v) is 9.26. The molecule has 142 valence electrons. The lowest BCUT2D eigenvalue weighted by molar-refractivity contribution is -0.0740. The fourth-order valence-electron chi connectivity index (χ4n) is 2.87. The molecular weight excluding hydrogens is 340 g/mol. The van der Waals surface area contributed by atoms with Gasteiger partial charge in [-0.15, -0.1) is 0 Å². The monoisotopic (exact) mass is 366 g/mol. The van der Waals surface area contributed by atoms with Gasteiger partial charge >= 0.3 is 0 Å². The molecule has 1 unspecified atom stereocenters. The normalized spacial score (nSPS) is 12.0. The van der Waals surface area contributed by atoms with Gasteiger partial charge in [-0.25, -0.2) is 0 Å². The molecule has 0 radical (unpaired) electrons. The molecule has 27 heavy (non-hydrogen) atoms. The molecular formula is C23H26O4. The number of rotatable bonds is 9. The van der Waals surface area contributed by atoms with Crippen molar-refractivity contribution >= 4 is 10.8 Å². The molecule has 0 aliphatic carbocycles. The second-order valence-electron chi connectivity index (χ2n) is 6.25. The molecule has 0 aliphatic heterocycles. The fraction of sp³-hybridized carbons (Fsp3) is 0.304. The van der Waals surface area contributed by atoms with Gasteiger partial charge in [0.1, 0.15) is 12.4 Å². The van der Waals surface area contributed by atoms with E-state index < -0.39 is 0 Å². The first-order valence-electron chi connectivity index (χ1n) is 9.26. The average molecular weight is 366 g/mol. The topological polar surface area (TPSA) is 36.9 Å². The molecule has 0 spiro atoms. The van der Waals surface area contributed by atoms with Crippen LogP contribution in [0.25, 0.3) is 10.8 Å². The van der Waals surface area contributed by atoms with E-state index in [0.29, 0.717) is 24.7 Å². The lowest BCUT2D eigenvalue weighted by Gasteiger charge is -2.17. The SMILES string of the molecule is CCc1ccc(OC(C)OCCOc2cc3ccccc3cc2OC)cc1. The summed E-state index contributed by atoms with van der Waals surface area (Å²) in [7, 11) is 1.65. The number of methoxy groups -OCH3 is 1. The smallest absolute Gasteiger partial charge is 0.197 e. The Bertz CT molecular complexity index is 858. The molecule has 3 aromatic rings. The van der Waals surface area contributed by atoms with E-state index in [1.54, 1.807) is 7.11 Å². The van der Waals surface area contributed by atoms with Gasteiger partial charge in [0, 0.05) is 0 Å². The van der Waals surface area contributed by atoms with Crippen molar-refractivity contribution in [1.29, 1.82) is 0 Å². The molecule has 0 saturated carbocycles. The van der Waals surface area contributed by atoms with E-state index in [-0.39, 0.29) is 6.29 Å². The van der Waals surface area contributed by atoms with Crippen molar-refractivity contribution in [3.05, 3.63) is 66.2 Å². The Balaban J connectivity index is 1.49. The molecule has 0 fully saturated rings. The van der Waals surface area contributed by atoms with E-state index in [0.717, 1.165) is 22.9 Å². The number of aryl methyl sites for hydroxylation is 1. The van der Waals surface area contributed by atoms with Gasteiger partial charge in [-0.1, -0.05) is 43.3 Å². The summed E-state index contributed by atoms with van der Waals surface area (Å²) in [5.41, 5.74) is 1.29. The fourth-order valence-corrected chi connectivity index (χ4v) is 2.87. The highest BCUT2D eigenvalue weighted by Crippen LogP contribution is 2.32. The highest BCUT2D eigenvalue weighted by molar-refractivity contribution is 5.86. The number of benzene rings is 3. The first-order chi connectivity index (χ1) is 13.2. The predicted molar refractivity (Wildman–Crippen MR) is 108 cm³/mol. The van der Waals surface area contributed by atoms with Crippen LogP contribution in [-0.2, 0) is 11.2 Å². The van der Waals surface area contributed by atoms with Gasteiger partial charge in [-0.3, -0.25) is 0 Å². The van der Waals surface area contributed by atoms with Crippen molar-refractivity contribution in [1.82, 2.24) is 0 Å². The summed E-state index contributed by atoms with van der Waals surface area (Å²) in [6.07, 6.45) is 0.668. The van der Waals surface area contributed by atoms with E-state index in [1.165, 1.54) is 5.56 Å². The van der Waals surface area contributed by atoms with E-state index in [2.05, 4.69) is 31.2 Å². The Kier molecular flexibility index (Phi) is 6.55. The third-order valence-corrected chi connectivity index (χ3v) is 4.36. The van der Waals surface area contributed by atoms with Crippen LogP contribution in [0.3, 0.4) is 0 Å². The summed E-state index contributed by atoms with van der Waals surface area (Å²) in [6, 6.07) is 20.2. The zero-order chi connectivity index (χ0) is 19.1. The van der Waals surface area contributed by atoms with Gasteiger partial charge in [0.15, 0.2) is 17.8 Å². The minimum Gasteiger partial charge on any atom is -0.493 e. The molecule has 3 rings (SSSR count). The maximum atomic E-state index is 5.86. The minimum absolute atomic E-state index is 0.348. The zero-order valence-electron chi connectivity index (χ0n) is 16.1. The highest BCUT2D eigenvalue weighted by Gasteiger charge is 2.08. The predicted octanol–water partition coefficient (Wildman–Crippen LogP) is 5.23.